The number of aliphatic imine (C=N–C) groups is 1. The summed E-state index contributed by atoms with van der Waals surface area (Å²) in [4.78, 5) is 109. The van der Waals surface area contributed by atoms with Crippen LogP contribution in [0.4, 0.5) is 19.2 Å². The van der Waals surface area contributed by atoms with Gasteiger partial charge in [0.15, 0.2) is 6.04 Å². The van der Waals surface area contributed by atoms with Gasteiger partial charge in [-0.2, -0.15) is 0 Å². The van der Waals surface area contributed by atoms with Crippen molar-refractivity contribution in [3.8, 4) is 0 Å². The Balaban J connectivity index is 0.000000320. The molecule has 400 valence electrons. The second kappa shape index (κ2) is 28.6. The lowest BCUT2D eigenvalue weighted by molar-refractivity contribution is -0.171. The lowest BCUT2D eigenvalue weighted by Gasteiger charge is -2.47. The maximum atomic E-state index is 13.2. The number of carbonyl (C=O) groups is 8. The number of amides is 8. The molecule has 22 nitrogen and oxygen atoms in total. The zero-order valence-corrected chi connectivity index (χ0v) is 43.1. The minimum Gasteiger partial charge on any atom is -0.464 e. The molecule has 0 saturated carbocycles. The van der Waals surface area contributed by atoms with Crippen LogP contribution in [0.3, 0.4) is 0 Å². The summed E-state index contributed by atoms with van der Waals surface area (Å²) in [6, 6.07) is 15.9. The van der Waals surface area contributed by atoms with Gasteiger partial charge in [0.25, 0.3) is 0 Å². The molecule has 0 aromatic heterocycles. The van der Waals surface area contributed by atoms with Crippen molar-refractivity contribution in [1.82, 2.24) is 41.3 Å². The van der Waals surface area contributed by atoms with Crippen molar-refractivity contribution in [3.05, 3.63) is 84.2 Å². The number of ether oxygens (including phenoxy) is 4. The third-order valence-electron chi connectivity index (χ3n) is 11.2. The van der Waals surface area contributed by atoms with E-state index in [0.29, 0.717) is 51.1 Å². The van der Waals surface area contributed by atoms with E-state index in [9.17, 15) is 38.4 Å². The molecule has 8 amide bonds. The van der Waals surface area contributed by atoms with Crippen LogP contribution < -0.4 is 32.3 Å². The molecular formula is C51H74N10O12. The standard InChI is InChI=1S/C28H34N4O7.C23H40N6O5/c1-19(2)16-37-25(34)23-22(24(33)30-23)14-9-15-29-26(31-27(35)38-17-20-10-5-3-6-11-20)32-28(36)39-18-21-12-7-4-8-13-21;1-15(2)14-34-20(31)18-17(8-7-9-25-16(3)24)19(30)29(18)22(33)28-12-10-27(11-13-28)21(32)26-23(4,5)6/h3-8,10-13,19,22-23H,9,14-18H2,1-2H3,(H,30,33)(H2,29,31,32,35,36);15,17-18,25H,3,7-14,24H2,1-2,4-6H3,(H,26,32)/t22-,23?;17-,18?/m11/s1. The van der Waals surface area contributed by atoms with Gasteiger partial charge in [-0.25, -0.2) is 33.7 Å². The maximum absolute atomic E-state index is 13.2. The highest BCUT2D eigenvalue weighted by atomic mass is 16.6. The zero-order valence-electron chi connectivity index (χ0n) is 43.1. The molecule has 2 aromatic carbocycles. The monoisotopic (exact) mass is 1020 g/mol. The van der Waals surface area contributed by atoms with Gasteiger partial charge < -0.3 is 50.4 Å². The fourth-order valence-corrected chi connectivity index (χ4v) is 7.47. The molecule has 0 bridgehead atoms. The molecule has 3 saturated heterocycles. The van der Waals surface area contributed by atoms with E-state index in [1.165, 1.54) is 4.90 Å². The fraction of sp³-hybridized carbons (Fsp3) is 0.549. The van der Waals surface area contributed by atoms with Crippen LogP contribution in [-0.4, -0.2) is 139 Å². The number of rotatable bonds is 19. The molecule has 2 unspecified atom stereocenters. The Bertz CT molecular complexity index is 2170. The number of hydrogen-bond donors (Lipinski definition) is 6. The van der Waals surface area contributed by atoms with Crippen molar-refractivity contribution < 1.29 is 57.3 Å². The van der Waals surface area contributed by atoms with Crippen LogP contribution in [0.15, 0.2) is 78.1 Å². The predicted molar refractivity (Wildman–Crippen MR) is 270 cm³/mol. The normalized spacial score (nSPS) is 18.1. The summed E-state index contributed by atoms with van der Waals surface area (Å²) in [6.45, 7) is 19.4. The van der Waals surface area contributed by atoms with Crippen molar-refractivity contribution in [2.75, 3.05) is 52.5 Å². The number of hydrogen-bond acceptors (Lipinski definition) is 15. The molecule has 3 aliphatic heterocycles. The van der Waals surface area contributed by atoms with E-state index in [1.807, 2.05) is 109 Å². The number of carbonyl (C=O) groups excluding carboxylic acids is 8. The highest BCUT2D eigenvalue weighted by Gasteiger charge is 2.56. The molecular weight excluding hydrogens is 945 g/mol. The van der Waals surface area contributed by atoms with E-state index in [-0.39, 0.29) is 87.2 Å². The number of nitrogens with one attached hydrogen (secondary N) is 5. The summed E-state index contributed by atoms with van der Waals surface area (Å²) in [5.41, 5.74) is 6.72. The Morgan fingerprint density at radius 1 is 0.740 bits per heavy atom. The number of benzene rings is 2. The number of esters is 2. The minimum absolute atomic E-state index is 0.0312. The van der Waals surface area contributed by atoms with Crippen LogP contribution in [-0.2, 0) is 51.3 Å². The van der Waals surface area contributed by atoms with Gasteiger partial charge in [0.1, 0.15) is 19.3 Å². The Hall–Kier alpha value is -7.39. The molecule has 4 atom stereocenters. The molecule has 0 radical (unpaired) electrons. The molecule has 7 N–H and O–H groups in total. The summed E-state index contributed by atoms with van der Waals surface area (Å²) >= 11 is 0. The largest absolute Gasteiger partial charge is 0.464 e. The summed E-state index contributed by atoms with van der Waals surface area (Å²) in [5, 5.41) is 13.2. The van der Waals surface area contributed by atoms with Gasteiger partial charge in [0, 0.05) is 44.8 Å². The number of alkyl carbamates (subject to hydrolysis) is 2. The lowest BCUT2D eigenvalue weighted by Crippen LogP contribution is -2.70. The maximum Gasteiger partial charge on any atom is 0.414 e. The number of nitrogens with zero attached hydrogens (tertiary/aromatic N) is 4. The van der Waals surface area contributed by atoms with E-state index >= 15 is 0 Å². The summed E-state index contributed by atoms with van der Waals surface area (Å²) in [5.74, 6) is -2.26. The summed E-state index contributed by atoms with van der Waals surface area (Å²) in [7, 11) is 0. The van der Waals surface area contributed by atoms with Crippen LogP contribution in [0.1, 0.15) is 85.3 Å². The van der Waals surface area contributed by atoms with Gasteiger partial charge in [-0.15, -0.1) is 0 Å². The first-order chi connectivity index (χ1) is 34.6. The van der Waals surface area contributed by atoms with Gasteiger partial charge >= 0.3 is 36.2 Å². The topological polar surface area (TPSA) is 282 Å². The highest BCUT2D eigenvalue weighted by molar-refractivity contribution is 6.08. The number of β-lactam (4-membered cyclic amide) rings is 2. The van der Waals surface area contributed by atoms with Crippen molar-refractivity contribution in [2.45, 2.75) is 105 Å². The van der Waals surface area contributed by atoms with E-state index in [0.717, 1.165) is 16.0 Å². The first-order valence-corrected chi connectivity index (χ1v) is 24.6. The van der Waals surface area contributed by atoms with E-state index in [2.05, 4.69) is 38.2 Å². The van der Waals surface area contributed by atoms with E-state index in [4.69, 9.17) is 24.7 Å². The van der Waals surface area contributed by atoms with Crippen LogP contribution >= 0.6 is 0 Å². The van der Waals surface area contributed by atoms with Gasteiger partial charge in [-0.1, -0.05) is 94.9 Å². The average molecular weight is 1020 g/mol. The van der Waals surface area contributed by atoms with Crippen molar-refractivity contribution in [3.63, 3.8) is 0 Å². The van der Waals surface area contributed by atoms with Crippen molar-refractivity contribution >= 4 is 54.0 Å². The SMILES string of the molecule is C=C(N)NCCC[C@H]1C(=O)N(C(=O)N2CCN(C(=O)NC(C)(C)C)CC2)C1C(=O)OCC(C)C.CC(C)COC(=O)C1NC(=O)[C@@H]1CCCN=C(NC(=O)OCc1ccccc1)NC(=O)OCc1ccccc1. The van der Waals surface area contributed by atoms with Gasteiger partial charge in [0.2, 0.25) is 17.8 Å². The van der Waals surface area contributed by atoms with Gasteiger partial charge in [-0.05, 0) is 69.4 Å². The predicted octanol–water partition coefficient (Wildman–Crippen LogP) is 4.35. The van der Waals surface area contributed by atoms with Crippen LogP contribution in [0.2, 0.25) is 0 Å². The summed E-state index contributed by atoms with van der Waals surface area (Å²) in [6.07, 6.45) is 0.173. The van der Waals surface area contributed by atoms with Gasteiger partial charge in [0.05, 0.1) is 30.9 Å². The fourth-order valence-electron chi connectivity index (χ4n) is 7.47. The van der Waals surface area contributed by atoms with Crippen molar-refractivity contribution in [2.24, 2.45) is 34.4 Å². The third-order valence-corrected chi connectivity index (χ3v) is 11.2. The molecule has 0 spiro atoms. The number of guanidine groups is 1. The zero-order chi connectivity index (χ0) is 53.7. The number of urea groups is 2. The Morgan fingerprint density at radius 2 is 1.25 bits per heavy atom. The Morgan fingerprint density at radius 3 is 1.74 bits per heavy atom. The van der Waals surface area contributed by atoms with Crippen LogP contribution in [0.5, 0.6) is 0 Å². The second-order valence-electron chi connectivity index (χ2n) is 19.7. The molecule has 73 heavy (non-hydrogen) atoms. The molecule has 22 heteroatoms. The molecule has 5 rings (SSSR count). The van der Waals surface area contributed by atoms with E-state index in [1.54, 1.807) is 4.90 Å². The smallest absolute Gasteiger partial charge is 0.414 e. The van der Waals surface area contributed by atoms with Crippen LogP contribution in [0, 0.1) is 23.7 Å². The van der Waals surface area contributed by atoms with Crippen molar-refractivity contribution in [1.29, 1.82) is 0 Å². The highest BCUT2D eigenvalue weighted by Crippen LogP contribution is 2.33. The number of nitrogens with two attached hydrogens (primary N) is 1. The molecule has 0 aliphatic carbocycles. The molecule has 3 aliphatic rings. The molecule has 2 aromatic rings. The third kappa shape index (κ3) is 19.6. The quantitative estimate of drug-likeness (QED) is 0.0285. The summed E-state index contributed by atoms with van der Waals surface area (Å²) < 4.78 is 21.0. The molecule has 3 heterocycles. The van der Waals surface area contributed by atoms with Gasteiger partial charge in [-0.3, -0.25) is 25.2 Å². The molecule has 3 fully saturated rings. The Labute approximate surface area is 427 Å². The average Bonchev–Trinajstić information content (AvgIpc) is 3.34. The number of piperazine rings is 1. The lowest BCUT2D eigenvalue weighted by atomic mass is 9.83. The number of likely N-dealkylation sites (tertiary alicyclic amines) is 1. The van der Waals surface area contributed by atoms with E-state index < -0.39 is 54.1 Å². The van der Waals surface area contributed by atoms with Crippen LogP contribution in [0.25, 0.3) is 0 Å². The first-order valence-electron chi connectivity index (χ1n) is 24.6. The second-order valence-corrected chi connectivity index (χ2v) is 19.7. The number of imide groups is 1. The first kappa shape index (κ1) is 58.2. The Kier molecular flexibility index (Phi) is 22.8. The minimum atomic E-state index is -0.943.